The summed E-state index contributed by atoms with van der Waals surface area (Å²) in [6, 6.07) is 25.2. The van der Waals surface area contributed by atoms with Crippen LogP contribution in [0.1, 0.15) is 5.56 Å². The molecule has 0 spiro atoms. The van der Waals surface area contributed by atoms with Crippen molar-refractivity contribution in [3.05, 3.63) is 84.9 Å². The average Bonchev–Trinajstić information content (AvgIpc) is 2.48. The Hall–Kier alpha value is -1.99. The third kappa shape index (κ3) is 2.72. The largest absolute Gasteiger partial charge is 0.0901 e. The van der Waals surface area contributed by atoms with E-state index < -0.39 is 0 Å². The molecule has 3 aromatic rings. The molecule has 0 aliphatic carbocycles. The van der Waals surface area contributed by atoms with E-state index in [-0.39, 0.29) is 0 Å². The lowest BCUT2D eigenvalue weighted by Gasteiger charge is -2.07. The number of fused-ring (bicyclic) bond motifs is 1. The molecular formula is C18H14S. The van der Waals surface area contributed by atoms with Crippen LogP contribution in [0.3, 0.4) is 0 Å². The van der Waals surface area contributed by atoms with E-state index in [1.807, 2.05) is 6.07 Å². The molecule has 0 atom stereocenters. The Morgan fingerprint density at radius 1 is 0.737 bits per heavy atom. The first kappa shape index (κ1) is 12.1. The van der Waals surface area contributed by atoms with Crippen LogP contribution in [0.2, 0.25) is 0 Å². The van der Waals surface area contributed by atoms with Crippen LogP contribution in [-0.4, -0.2) is 0 Å². The van der Waals surface area contributed by atoms with E-state index in [4.69, 9.17) is 0 Å². The van der Waals surface area contributed by atoms with Gasteiger partial charge >= 0.3 is 0 Å². The summed E-state index contributed by atoms with van der Waals surface area (Å²) in [4.78, 5) is 2.30. The average molecular weight is 262 g/mol. The Labute approximate surface area is 117 Å². The maximum Gasteiger partial charge on any atom is 0.0123 e. The second-order valence-corrected chi connectivity index (χ2v) is 5.57. The molecule has 1 heteroatoms. The Morgan fingerprint density at radius 3 is 2.21 bits per heavy atom. The number of thioether (sulfide) groups is 1. The minimum atomic E-state index is 1.08. The van der Waals surface area contributed by atoms with Crippen LogP contribution in [-0.2, 0) is 0 Å². The molecule has 0 aromatic heterocycles. The first-order valence-electron chi connectivity index (χ1n) is 6.24. The molecule has 3 aromatic carbocycles. The fourth-order valence-electron chi connectivity index (χ4n) is 2.05. The number of hydrogen-bond donors (Lipinski definition) is 0. The number of hydrogen-bond acceptors (Lipinski definition) is 1. The highest BCUT2D eigenvalue weighted by Gasteiger charge is 2.02. The van der Waals surface area contributed by atoms with Crippen LogP contribution < -0.4 is 0 Å². The summed E-state index contributed by atoms with van der Waals surface area (Å²) in [5.74, 6) is 0. The van der Waals surface area contributed by atoms with Gasteiger partial charge < -0.3 is 0 Å². The molecule has 0 bridgehead atoms. The summed E-state index contributed by atoms with van der Waals surface area (Å²) < 4.78 is 0. The van der Waals surface area contributed by atoms with Crippen LogP contribution in [0.5, 0.6) is 0 Å². The number of rotatable bonds is 3. The van der Waals surface area contributed by atoms with Gasteiger partial charge in [0.15, 0.2) is 0 Å². The van der Waals surface area contributed by atoms with Gasteiger partial charge in [-0.05, 0) is 34.5 Å². The summed E-state index contributed by atoms with van der Waals surface area (Å²) in [5, 5.41) is 2.53. The molecule has 0 saturated heterocycles. The molecule has 0 radical (unpaired) electrons. The maximum atomic E-state index is 4.19. The maximum absolute atomic E-state index is 4.19. The van der Waals surface area contributed by atoms with Gasteiger partial charge in [0.05, 0.1) is 0 Å². The standard InChI is InChI=1S/C18H14S/c1-14(19-18-9-3-2-4-10-18)16-12-11-15-7-5-6-8-17(15)13-16/h2-13H,1H2. The fraction of sp³-hybridized carbons (Fsp3) is 0. The Morgan fingerprint density at radius 2 is 1.42 bits per heavy atom. The molecule has 0 aliphatic rings. The molecule has 0 aliphatic heterocycles. The van der Waals surface area contributed by atoms with Crippen LogP contribution in [0.25, 0.3) is 15.7 Å². The van der Waals surface area contributed by atoms with Crippen molar-refractivity contribution in [1.29, 1.82) is 0 Å². The smallest absolute Gasteiger partial charge is 0.0123 e. The zero-order chi connectivity index (χ0) is 13.1. The summed E-state index contributed by atoms with van der Waals surface area (Å²) >= 11 is 1.71. The van der Waals surface area contributed by atoms with Gasteiger partial charge in [0.25, 0.3) is 0 Å². The van der Waals surface area contributed by atoms with Gasteiger partial charge in [-0.25, -0.2) is 0 Å². The SMILES string of the molecule is C=C(Sc1ccccc1)c1ccc2ccccc2c1. The highest BCUT2D eigenvalue weighted by Crippen LogP contribution is 2.33. The van der Waals surface area contributed by atoms with E-state index in [1.165, 1.54) is 21.2 Å². The van der Waals surface area contributed by atoms with E-state index in [2.05, 4.69) is 73.3 Å². The zero-order valence-electron chi connectivity index (χ0n) is 10.5. The quantitative estimate of drug-likeness (QED) is 0.553. The van der Waals surface area contributed by atoms with Gasteiger partial charge in [0, 0.05) is 9.80 Å². The van der Waals surface area contributed by atoms with Gasteiger partial charge in [0.2, 0.25) is 0 Å². The topological polar surface area (TPSA) is 0 Å². The third-order valence-corrected chi connectivity index (χ3v) is 4.05. The molecule has 0 saturated carbocycles. The van der Waals surface area contributed by atoms with Gasteiger partial charge in [-0.1, -0.05) is 72.9 Å². The molecule has 19 heavy (non-hydrogen) atoms. The van der Waals surface area contributed by atoms with Crippen molar-refractivity contribution >= 4 is 27.4 Å². The third-order valence-electron chi connectivity index (χ3n) is 3.06. The lowest BCUT2D eigenvalue weighted by atomic mass is 10.1. The highest BCUT2D eigenvalue weighted by molar-refractivity contribution is 8.08. The van der Waals surface area contributed by atoms with Crippen LogP contribution in [0.15, 0.2) is 84.3 Å². The highest BCUT2D eigenvalue weighted by atomic mass is 32.2. The molecular weight excluding hydrogens is 248 g/mol. The van der Waals surface area contributed by atoms with Crippen molar-refractivity contribution in [1.82, 2.24) is 0 Å². The minimum Gasteiger partial charge on any atom is -0.0901 e. The Bertz CT molecular complexity index is 714. The van der Waals surface area contributed by atoms with E-state index in [0.717, 1.165) is 4.91 Å². The summed E-state index contributed by atoms with van der Waals surface area (Å²) in [5.41, 5.74) is 1.19. The molecule has 0 heterocycles. The Balaban J connectivity index is 1.89. The van der Waals surface area contributed by atoms with Crippen molar-refractivity contribution < 1.29 is 0 Å². The van der Waals surface area contributed by atoms with Gasteiger partial charge in [-0.3, -0.25) is 0 Å². The first-order valence-corrected chi connectivity index (χ1v) is 7.05. The monoisotopic (exact) mass is 262 g/mol. The summed E-state index contributed by atoms with van der Waals surface area (Å²) in [7, 11) is 0. The summed E-state index contributed by atoms with van der Waals surface area (Å²) in [6.45, 7) is 4.19. The molecule has 0 amide bonds. The van der Waals surface area contributed by atoms with E-state index in [9.17, 15) is 0 Å². The van der Waals surface area contributed by atoms with Crippen molar-refractivity contribution in [2.45, 2.75) is 4.90 Å². The van der Waals surface area contributed by atoms with Crippen LogP contribution >= 0.6 is 11.8 Å². The van der Waals surface area contributed by atoms with E-state index >= 15 is 0 Å². The fourth-order valence-corrected chi connectivity index (χ4v) is 2.88. The van der Waals surface area contributed by atoms with Gasteiger partial charge in [-0.15, -0.1) is 0 Å². The molecule has 0 fully saturated rings. The van der Waals surface area contributed by atoms with E-state index in [0.29, 0.717) is 0 Å². The zero-order valence-corrected chi connectivity index (χ0v) is 11.4. The van der Waals surface area contributed by atoms with Crippen molar-refractivity contribution in [2.24, 2.45) is 0 Å². The van der Waals surface area contributed by atoms with Crippen molar-refractivity contribution in [3.63, 3.8) is 0 Å². The van der Waals surface area contributed by atoms with Gasteiger partial charge in [-0.2, -0.15) is 0 Å². The van der Waals surface area contributed by atoms with Crippen LogP contribution in [0, 0.1) is 0 Å². The Kier molecular flexibility index (Phi) is 3.39. The summed E-state index contributed by atoms with van der Waals surface area (Å²) in [6.07, 6.45) is 0. The molecule has 0 N–H and O–H groups in total. The molecule has 0 unspecified atom stereocenters. The number of benzene rings is 3. The lowest BCUT2D eigenvalue weighted by Crippen LogP contribution is -1.80. The molecule has 3 rings (SSSR count). The normalized spacial score (nSPS) is 10.5. The predicted molar refractivity (Wildman–Crippen MR) is 85.3 cm³/mol. The predicted octanol–water partition coefficient (Wildman–Crippen LogP) is 5.60. The first-order chi connectivity index (χ1) is 9.33. The van der Waals surface area contributed by atoms with Crippen molar-refractivity contribution in [2.75, 3.05) is 0 Å². The second-order valence-electron chi connectivity index (χ2n) is 4.40. The van der Waals surface area contributed by atoms with Crippen molar-refractivity contribution in [3.8, 4) is 0 Å². The lowest BCUT2D eigenvalue weighted by molar-refractivity contribution is 1.47. The second kappa shape index (κ2) is 5.33. The van der Waals surface area contributed by atoms with Crippen LogP contribution in [0.4, 0.5) is 0 Å². The molecule has 92 valence electrons. The minimum absolute atomic E-state index is 1.08. The van der Waals surface area contributed by atoms with E-state index in [1.54, 1.807) is 11.8 Å². The van der Waals surface area contributed by atoms with Gasteiger partial charge in [0.1, 0.15) is 0 Å². The molecule has 0 nitrogen and oxygen atoms in total.